The molecule has 2 aromatic carbocycles. The summed E-state index contributed by atoms with van der Waals surface area (Å²) in [6, 6.07) is 11.9. The van der Waals surface area contributed by atoms with Gasteiger partial charge in [-0.2, -0.15) is 0 Å². The van der Waals surface area contributed by atoms with Gasteiger partial charge in [0.15, 0.2) is 11.6 Å². The number of aliphatic imine (C=N–C) groups is 1. The van der Waals surface area contributed by atoms with E-state index >= 15 is 0 Å². The van der Waals surface area contributed by atoms with Crippen molar-refractivity contribution < 1.29 is 28.9 Å². The Bertz CT molecular complexity index is 1170. The van der Waals surface area contributed by atoms with Gasteiger partial charge in [0.1, 0.15) is 11.4 Å². The number of carbonyl (C=O) groups excluding carboxylic acids is 2. The van der Waals surface area contributed by atoms with E-state index in [1.165, 1.54) is 0 Å². The van der Waals surface area contributed by atoms with Crippen LogP contribution in [0, 0.1) is 0 Å². The van der Waals surface area contributed by atoms with Crippen LogP contribution in [0.1, 0.15) is 57.3 Å². The Balaban J connectivity index is 2.03. The van der Waals surface area contributed by atoms with Crippen LogP contribution >= 0.6 is 23.2 Å². The fraction of sp³-hybridized carbons (Fsp3) is 0.444. The normalized spacial score (nSPS) is 18.9. The number of hydrogen-bond donors (Lipinski definition) is 3. The smallest absolute Gasteiger partial charge is 0.306 e. The number of nitrogens with one attached hydrogen (secondary N) is 2. The van der Waals surface area contributed by atoms with Crippen LogP contribution in [-0.2, 0) is 19.1 Å². The minimum absolute atomic E-state index is 0.00902. The Labute approximate surface area is 232 Å². The zero-order valence-corrected chi connectivity index (χ0v) is 23.4. The Morgan fingerprint density at radius 2 is 1.87 bits per heavy atom. The highest BCUT2D eigenvalue weighted by Gasteiger charge is 2.54. The van der Waals surface area contributed by atoms with Crippen LogP contribution in [0.15, 0.2) is 47.5 Å². The number of carbonyl (C=O) groups is 2. The highest BCUT2D eigenvalue weighted by atomic mass is 35.5. The van der Waals surface area contributed by atoms with Gasteiger partial charge in [0.25, 0.3) is 5.91 Å². The maximum Gasteiger partial charge on any atom is 0.306 e. The number of hydrogen-bond acceptors (Lipinski definition) is 8. The zero-order chi connectivity index (χ0) is 27.9. The molecule has 38 heavy (non-hydrogen) atoms. The van der Waals surface area contributed by atoms with Crippen molar-refractivity contribution in [3.8, 4) is 5.75 Å². The van der Waals surface area contributed by atoms with E-state index in [0.717, 1.165) is 0 Å². The van der Waals surface area contributed by atoms with Crippen molar-refractivity contribution in [2.75, 3.05) is 20.3 Å². The van der Waals surface area contributed by atoms with Gasteiger partial charge in [-0.3, -0.25) is 15.0 Å². The van der Waals surface area contributed by atoms with Gasteiger partial charge in [-0.05, 0) is 63.6 Å². The molecule has 3 rings (SSSR count). The van der Waals surface area contributed by atoms with E-state index in [9.17, 15) is 9.59 Å². The van der Waals surface area contributed by atoms with E-state index in [1.54, 1.807) is 70.3 Å². The zero-order valence-electron chi connectivity index (χ0n) is 21.8. The van der Waals surface area contributed by atoms with Gasteiger partial charge in [0.05, 0.1) is 6.61 Å². The number of aliphatic hydroxyl groups is 1. The lowest BCUT2D eigenvalue weighted by Gasteiger charge is -2.31. The summed E-state index contributed by atoms with van der Waals surface area (Å²) in [6.45, 7) is 5.74. The van der Waals surface area contributed by atoms with Crippen LogP contribution in [0.3, 0.4) is 0 Å². The van der Waals surface area contributed by atoms with Crippen molar-refractivity contribution in [1.29, 1.82) is 0 Å². The summed E-state index contributed by atoms with van der Waals surface area (Å²) in [5, 5.41) is 9.68. The number of rotatable bonds is 11. The van der Waals surface area contributed by atoms with Gasteiger partial charge in [0, 0.05) is 47.7 Å². The second-order valence-electron chi connectivity index (χ2n) is 9.75. The summed E-state index contributed by atoms with van der Waals surface area (Å²) in [4.78, 5) is 31.0. The molecule has 0 unspecified atom stereocenters. The second-order valence-corrected chi connectivity index (χ2v) is 10.6. The van der Waals surface area contributed by atoms with Gasteiger partial charge in [-0.15, -0.1) is 0 Å². The van der Waals surface area contributed by atoms with Crippen LogP contribution in [-0.4, -0.2) is 54.3 Å². The Kier molecular flexibility index (Phi) is 10.0. The summed E-state index contributed by atoms with van der Waals surface area (Å²) in [5.74, 6) is -0.151. The lowest BCUT2D eigenvalue weighted by Crippen LogP contribution is -2.52. The molecule has 2 atom stereocenters. The van der Waals surface area contributed by atoms with E-state index in [4.69, 9.17) is 47.5 Å². The van der Waals surface area contributed by atoms with Crippen molar-refractivity contribution in [3.63, 3.8) is 0 Å². The van der Waals surface area contributed by atoms with Crippen LogP contribution in [0.5, 0.6) is 5.75 Å². The number of nitrogens with zero attached hydrogens (tertiary/aromatic N) is 1. The number of halogens is 2. The molecule has 206 valence electrons. The average molecular weight is 566 g/mol. The molecule has 0 saturated heterocycles. The molecule has 0 aromatic heterocycles. The van der Waals surface area contributed by atoms with E-state index < -0.39 is 29.1 Å². The molecule has 1 aliphatic heterocycles. The molecular weight excluding hydrogens is 533 g/mol. The van der Waals surface area contributed by atoms with Crippen molar-refractivity contribution >= 4 is 41.0 Å². The maximum absolute atomic E-state index is 13.6. The summed E-state index contributed by atoms with van der Waals surface area (Å²) < 4.78 is 17.4. The topological polar surface area (TPSA) is 118 Å². The van der Waals surface area contributed by atoms with Crippen molar-refractivity contribution in [2.45, 2.75) is 57.3 Å². The Morgan fingerprint density at radius 3 is 2.47 bits per heavy atom. The van der Waals surface area contributed by atoms with E-state index in [2.05, 4.69) is 10.9 Å². The van der Waals surface area contributed by atoms with E-state index in [0.29, 0.717) is 39.9 Å². The first-order chi connectivity index (χ1) is 18.0. The molecule has 11 heteroatoms. The molecule has 2 aromatic rings. The first-order valence-corrected chi connectivity index (χ1v) is 13.0. The van der Waals surface area contributed by atoms with Crippen LogP contribution in [0.2, 0.25) is 10.0 Å². The number of ether oxygens (including phenoxy) is 3. The number of amides is 1. The molecular formula is C27H33Cl2N3O6. The molecule has 1 aliphatic rings. The monoisotopic (exact) mass is 565 g/mol. The number of benzene rings is 2. The van der Waals surface area contributed by atoms with Crippen molar-refractivity contribution in [3.05, 3.63) is 63.6 Å². The van der Waals surface area contributed by atoms with E-state index in [-0.39, 0.29) is 25.3 Å². The summed E-state index contributed by atoms with van der Waals surface area (Å²) in [6.07, 6.45) is -0.542. The van der Waals surface area contributed by atoms with Gasteiger partial charge in [0.2, 0.25) is 5.90 Å². The highest BCUT2D eigenvalue weighted by molar-refractivity contribution is 6.35. The van der Waals surface area contributed by atoms with Crippen LogP contribution in [0.4, 0.5) is 0 Å². The first-order valence-electron chi connectivity index (χ1n) is 12.2. The standard InChI is InChI=1S/C27H33Cl2N3O6/c1-26(2,3)38-22(34)12-13-27(25(35)32-30-4)23(20-11-8-18(28)16-21(20)29)37-24(31-27)17-6-9-19(10-7-17)36-15-5-14-33/h6-11,16,23,30,33H,5,12-15H2,1-4H3,(H,32,35)/t23-,27-/m0/s1. The van der Waals surface area contributed by atoms with Crippen LogP contribution < -0.4 is 15.6 Å². The molecule has 0 aliphatic carbocycles. The SMILES string of the molecule is CNNC(=O)[C@@]1(CCC(=O)OC(C)(C)C)N=C(c2ccc(OCCCO)cc2)O[C@H]1c1ccc(Cl)cc1Cl. The Morgan fingerprint density at radius 1 is 1.16 bits per heavy atom. The molecule has 0 spiro atoms. The van der Waals surface area contributed by atoms with Crippen molar-refractivity contribution in [1.82, 2.24) is 10.9 Å². The Hall–Kier alpha value is -2.85. The van der Waals surface area contributed by atoms with Gasteiger partial charge >= 0.3 is 5.97 Å². The van der Waals surface area contributed by atoms with Crippen molar-refractivity contribution in [2.24, 2.45) is 4.99 Å². The van der Waals surface area contributed by atoms with Crippen LogP contribution in [0.25, 0.3) is 0 Å². The number of aliphatic hydroxyl groups excluding tert-OH is 1. The maximum atomic E-state index is 13.6. The molecule has 1 heterocycles. The second kappa shape index (κ2) is 12.8. The molecule has 0 saturated carbocycles. The third-order valence-corrected chi connectivity index (χ3v) is 6.21. The van der Waals surface area contributed by atoms with Gasteiger partial charge in [-0.25, -0.2) is 10.4 Å². The first kappa shape index (κ1) is 29.7. The third-order valence-electron chi connectivity index (χ3n) is 5.64. The molecule has 0 fully saturated rings. The fourth-order valence-electron chi connectivity index (χ4n) is 3.97. The molecule has 0 radical (unpaired) electrons. The average Bonchev–Trinajstić information content (AvgIpc) is 3.23. The number of esters is 1. The minimum atomic E-state index is -1.55. The third kappa shape index (κ3) is 7.38. The number of hydrazine groups is 1. The van der Waals surface area contributed by atoms with E-state index in [1.807, 2.05) is 0 Å². The van der Waals surface area contributed by atoms with Gasteiger partial charge < -0.3 is 19.3 Å². The summed E-state index contributed by atoms with van der Waals surface area (Å²) in [7, 11) is 1.56. The van der Waals surface area contributed by atoms with Gasteiger partial charge in [-0.1, -0.05) is 29.3 Å². The molecule has 1 amide bonds. The highest BCUT2D eigenvalue weighted by Crippen LogP contribution is 2.45. The molecule has 9 nitrogen and oxygen atoms in total. The quantitative estimate of drug-likeness (QED) is 0.210. The lowest BCUT2D eigenvalue weighted by atomic mass is 9.83. The summed E-state index contributed by atoms with van der Waals surface area (Å²) >= 11 is 12.7. The largest absolute Gasteiger partial charge is 0.494 e. The minimum Gasteiger partial charge on any atom is -0.494 e. The lowest BCUT2D eigenvalue weighted by molar-refractivity contribution is -0.155. The predicted octanol–water partition coefficient (Wildman–Crippen LogP) is 4.38. The summed E-state index contributed by atoms with van der Waals surface area (Å²) in [5.41, 5.74) is 4.11. The molecule has 3 N–H and O–H groups in total. The fourth-order valence-corrected chi connectivity index (χ4v) is 4.48. The predicted molar refractivity (Wildman–Crippen MR) is 145 cm³/mol. The molecule has 0 bridgehead atoms.